The monoisotopic (exact) mass is 2080 g/mol. The number of carbonyl (C=O) groups excluding carboxylic acids is 5. The van der Waals surface area contributed by atoms with E-state index < -0.39 is 332 Å². The number of rotatable bonds is 72. The summed E-state index contributed by atoms with van der Waals surface area (Å²) in [6.07, 6.45) is -23.1. The molecule has 4 amide bonds. The molecule has 6 saturated heterocycles. The normalized spacial score (nSPS) is 32.8. The summed E-state index contributed by atoms with van der Waals surface area (Å²) in [7, 11) is 0. The summed E-state index contributed by atoms with van der Waals surface area (Å²) < 4.78 is 72.1. The van der Waals surface area contributed by atoms with Crippen molar-refractivity contribution in [1.82, 2.24) is 21.3 Å². The lowest BCUT2D eigenvalue weighted by Gasteiger charge is -2.53. The van der Waals surface area contributed by atoms with Gasteiger partial charge in [0.1, 0.15) is 122 Å². The molecule has 144 heavy (non-hydrogen) atoms. The van der Waals surface area contributed by atoms with Crippen LogP contribution in [0, 0.1) is 5.92 Å². The summed E-state index contributed by atoms with van der Waals surface area (Å²) in [5, 5.41) is 262. The fourth-order valence-corrected chi connectivity index (χ4v) is 19.7. The summed E-state index contributed by atoms with van der Waals surface area (Å²) >= 11 is 0. The van der Waals surface area contributed by atoms with Gasteiger partial charge in [-0.2, -0.15) is 0 Å². The summed E-state index contributed by atoms with van der Waals surface area (Å²) in [4.78, 5) is 107. The molecule has 35 unspecified atom stereocenters. The van der Waals surface area contributed by atoms with E-state index in [1.54, 1.807) is 6.08 Å². The fraction of sp³-hybridized carbons (Fsp3) is 0.898. The molecule has 46 nitrogen and oxygen atoms in total. The Morgan fingerprint density at radius 3 is 1.14 bits per heavy atom. The Balaban J connectivity index is 1.26. The number of hydrogen-bond acceptors (Lipinski definition) is 39. The number of ketones is 1. The van der Waals surface area contributed by atoms with Crippen molar-refractivity contribution in [1.29, 1.82) is 0 Å². The van der Waals surface area contributed by atoms with E-state index in [0.717, 1.165) is 91.9 Å². The van der Waals surface area contributed by atoms with Crippen LogP contribution in [0.2, 0.25) is 0 Å². The minimum absolute atomic E-state index is 0.0838. The maximum absolute atomic E-state index is 14.5. The molecule has 0 aromatic carbocycles. The van der Waals surface area contributed by atoms with Crippen LogP contribution in [0.5, 0.6) is 0 Å². The maximum atomic E-state index is 14.5. The Bertz CT molecular complexity index is 3720. The van der Waals surface area contributed by atoms with Crippen molar-refractivity contribution in [3.8, 4) is 0 Å². The number of ether oxygens (including phenoxy) is 12. The Morgan fingerprint density at radius 1 is 0.396 bits per heavy atom. The lowest BCUT2D eigenvalue weighted by molar-refractivity contribution is -0.404. The number of carboxylic acids is 3. The Kier molecular flexibility index (Phi) is 58.0. The number of amides is 4. The van der Waals surface area contributed by atoms with Crippen molar-refractivity contribution in [3.63, 3.8) is 0 Å². The lowest BCUT2D eigenvalue weighted by atomic mass is 9.86. The maximum Gasteiger partial charge on any atom is 0.364 e. The van der Waals surface area contributed by atoms with Gasteiger partial charge >= 0.3 is 17.9 Å². The van der Waals surface area contributed by atoms with Gasteiger partial charge in [-0.3, -0.25) is 19.2 Å². The van der Waals surface area contributed by atoms with Crippen molar-refractivity contribution in [3.05, 3.63) is 12.2 Å². The molecule has 0 aromatic rings. The van der Waals surface area contributed by atoms with Gasteiger partial charge in [0.2, 0.25) is 23.6 Å². The van der Waals surface area contributed by atoms with E-state index in [2.05, 4.69) is 35.1 Å². The predicted molar refractivity (Wildman–Crippen MR) is 507 cm³/mol. The van der Waals surface area contributed by atoms with Gasteiger partial charge in [-0.1, -0.05) is 231 Å². The zero-order valence-corrected chi connectivity index (χ0v) is 84.4. The van der Waals surface area contributed by atoms with Crippen LogP contribution in [0.15, 0.2) is 12.2 Å². The van der Waals surface area contributed by atoms with E-state index in [0.29, 0.717) is 12.8 Å². The number of Topliss-reactive ketones (excluding diaryl/α,β-unsaturated/α-hetero) is 1. The van der Waals surface area contributed by atoms with Crippen molar-refractivity contribution < 1.29 is 208 Å². The van der Waals surface area contributed by atoms with Crippen LogP contribution in [0.25, 0.3) is 0 Å². The molecule has 0 aromatic heterocycles. The van der Waals surface area contributed by atoms with Crippen molar-refractivity contribution in [2.45, 2.75) is 505 Å². The van der Waals surface area contributed by atoms with Gasteiger partial charge in [0.15, 0.2) is 18.9 Å². The molecule has 6 aliphatic heterocycles. The first kappa shape index (κ1) is 127. The predicted octanol–water partition coefficient (Wildman–Crippen LogP) is -0.308. The quantitative estimate of drug-likeness (QED) is 0.0274. The molecule has 0 aliphatic carbocycles. The molecule has 836 valence electrons. The molecule has 0 radical (unpaired) electrons. The third-order valence-corrected chi connectivity index (χ3v) is 27.8. The molecule has 46 heteroatoms. The van der Waals surface area contributed by atoms with Crippen LogP contribution >= 0.6 is 0 Å². The van der Waals surface area contributed by atoms with Crippen molar-refractivity contribution in [2.24, 2.45) is 5.92 Å². The van der Waals surface area contributed by atoms with Gasteiger partial charge in [-0.15, -0.1) is 0 Å². The minimum atomic E-state index is -3.71. The Labute approximate surface area is 842 Å². The van der Waals surface area contributed by atoms with Crippen LogP contribution in [0.4, 0.5) is 0 Å². The molecule has 0 saturated carbocycles. The van der Waals surface area contributed by atoms with E-state index in [1.807, 2.05) is 0 Å². The second-order valence-corrected chi connectivity index (χ2v) is 39.6. The van der Waals surface area contributed by atoms with Crippen LogP contribution in [0.1, 0.15) is 298 Å². The van der Waals surface area contributed by atoms with Crippen molar-refractivity contribution in [2.75, 3.05) is 46.2 Å². The topological polar surface area (TPSA) is 741 Å². The van der Waals surface area contributed by atoms with Gasteiger partial charge < -0.3 is 195 Å². The van der Waals surface area contributed by atoms with Crippen LogP contribution in [-0.2, 0) is 95.2 Å². The first-order chi connectivity index (χ1) is 68.6. The van der Waals surface area contributed by atoms with Gasteiger partial charge in [0.25, 0.3) is 17.4 Å². The SMILES string of the molecule is CCCCCCCCCCCCCC=CC(O)C(COC1OC(CO)C(OC2OC(CO)C(OC3OC(CO)C(O)C(O)C3CC(C)=O)C(OC3(C(=O)O)CC(O)C(NC(C)=O)C(C(O)C(CO)OC4(C(=O)O)CC(O)C(NC(C)=O)C(C(O)C(CO)OC5(C(=O)O)CC(O)C(NC(C)=O)C(C(O)C(O)CO)O5)O4)O3)C2O)C(O)C1O)NC(=O)CCCCCCCCCCCCCCCCCCCCCCCCC. The molecule has 35 atom stereocenters. The van der Waals surface area contributed by atoms with Gasteiger partial charge in [0.05, 0.1) is 101 Å². The van der Waals surface area contributed by atoms with Gasteiger partial charge in [0, 0.05) is 58.8 Å². The zero-order chi connectivity index (χ0) is 107. The van der Waals surface area contributed by atoms with Crippen LogP contribution in [-0.4, -0.2) is 413 Å². The largest absolute Gasteiger partial charge is 0.477 e. The van der Waals surface area contributed by atoms with Crippen molar-refractivity contribution >= 4 is 47.3 Å². The molecule has 6 fully saturated rings. The molecule has 6 rings (SSSR count). The van der Waals surface area contributed by atoms with E-state index in [4.69, 9.17) is 56.8 Å². The number of aliphatic hydroxyl groups excluding tert-OH is 19. The minimum Gasteiger partial charge on any atom is -0.477 e. The highest BCUT2D eigenvalue weighted by atomic mass is 16.8. The molecule has 26 N–H and O–H groups in total. The average molecular weight is 2080 g/mol. The standard InChI is InChI=1S/C98H172N4O42/c1-7-9-11-13-15-17-19-21-22-23-24-25-26-27-28-29-30-32-34-36-38-40-42-44-72(118)102-61(62(113)43-41-39-37-35-33-31-20-18-16-14-12-10-8-2)55-133-91-82(125)81(124)84(70(53-107)135-91)137-92-83(126)89(85(71(54-108)136-92)138-90-60(45-56(3)109)76(119)78(121)67(50-104)134-90)144-98(95(131)132)48-65(116)75(101-59(6)112)88(143-98)80(123)69(52-106)140-97(94(129)130)47-64(115)74(100-58(5)111)87(142-97)79(122)68(51-105)139-96(93(127)128)46-63(114)73(99-57(4)110)86(141-96)77(120)66(117)49-103/h41,43,60-71,73-92,103-108,113-117,119-126H,7-40,42,44-55H2,1-6H3,(H,99,110)(H,100,111)(H,101,112)(H,102,118)(H,127,128)(H,129,130)(H,131,132). The number of aliphatic carboxylic acids is 3. The molecular weight excluding hydrogens is 1910 g/mol. The number of unbranched alkanes of at least 4 members (excludes halogenated alkanes) is 33. The summed E-state index contributed by atoms with van der Waals surface area (Å²) in [6, 6.07) is -7.29. The number of carboxylic acid groups (broad SMARTS) is 3. The van der Waals surface area contributed by atoms with E-state index in [1.165, 1.54) is 154 Å². The fourth-order valence-electron chi connectivity index (χ4n) is 19.7. The summed E-state index contributed by atoms with van der Waals surface area (Å²) in [6.45, 7) is -0.547. The smallest absolute Gasteiger partial charge is 0.364 e. The number of hydrogen-bond donors (Lipinski definition) is 26. The van der Waals surface area contributed by atoms with E-state index >= 15 is 0 Å². The third kappa shape index (κ3) is 38.7. The summed E-state index contributed by atoms with van der Waals surface area (Å²) in [5.74, 6) is -23.6. The second kappa shape index (κ2) is 65.6. The highest BCUT2D eigenvalue weighted by molar-refractivity contribution is 5.79. The molecular formula is C98H172N4O42. The van der Waals surface area contributed by atoms with Crippen LogP contribution < -0.4 is 21.3 Å². The number of aliphatic hydroxyl groups is 19. The molecule has 0 spiro atoms. The Morgan fingerprint density at radius 2 is 0.757 bits per heavy atom. The first-order valence-electron chi connectivity index (χ1n) is 52.1. The number of nitrogens with one attached hydrogen (secondary N) is 4. The molecule has 6 heterocycles. The average Bonchev–Trinajstić information content (AvgIpc) is 0.735. The third-order valence-electron chi connectivity index (χ3n) is 27.8. The molecule has 6 aliphatic rings. The zero-order valence-electron chi connectivity index (χ0n) is 84.4. The van der Waals surface area contributed by atoms with Gasteiger partial charge in [-0.05, 0) is 26.2 Å². The lowest BCUT2D eigenvalue weighted by Crippen LogP contribution is -2.72. The molecule has 0 bridgehead atoms. The van der Waals surface area contributed by atoms with Crippen LogP contribution in [0.3, 0.4) is 0 Å². The number of carbonyl (C=O) groups is 8. The Hall–Kier alpha value is -5.54. The second-order valence-electron chi connectivity index (χ2n) is 39.6. The van der Waals surface area contributed by atoms with Gasteiger partial charge in [-0.25, -0.2) is 14.4 Å². The first-order valence-corrected chi connectivity index (χ1v) is 52.1. The van der Waals surface area contributed by atoms with E-state index in [-0.39, 0.29) is 6.42 Å². The highest BCUT2D eigenvalue weighted by Crippen LogP contribution is 2.45. The highest BCUT2D eigenvalue weighted by Gasteiger charge is 2.65. The van der Waals surface area contributed by atoms with E-state index in [9.17, 15) is 151 Å². The summed E-state index contributed by atoms with van der Waals surface area (Å²) in [5.41, 5.74) is 0. The number of allylic oxidation sites excluding steroid dienone is 1.